The molecule has 0 spiro atoms. The van der Waals surface area contributed by atoms with Gasteiger partial charge in [-0.25, -0.2) is 14.6 Å². The SMILES string of the molecule is COC(=O)c1cccc(C(=O)Nc2ccc(C)c(N3Cc4cnc(Nc5cccc(N(C)C)c5)nc4NC3=O)c2)c1. The maximum atomic E-state index is 13.2. The van der Waals surface area contributed by atoms with E-state index < -0.39 is 11.9 Å². The van der Waals surface area contributed by atoms with Crippen molar-refractivity contribution in [2.75, 3.05) is 47.0 Å². The van der Waals surface area contributed by atoms with E-state index in [0.29, 0.717) is 28.7 Å². The lowest BCUT2D eigenvalue weighted by atomic mass is 10.1. The second-order valence-electron chi connectivity index (χ2n) is 9.68. The van der Waals surface area contributed by atoms with E-state index in [-0.39, 0.29) is 18.1 Å². The van der Waals surface area contributed by atoms with Crippen molar-refractivity contribution in [2.24, 2.45) is 0 Å². The molecule has 11 nitrogen and oxygen atoms in total. The second-order valence-corrected chi connectivity index (χ2v) is 9.68. The largest absolute Gasteiger partial charge is 0.465 e. The number of amides is 3. The molecule has 1 aliphatic heterocycles. The van der Waals surface area contributed by atoms with Gasteiger partial charge in [0.05, 0.1) is 24.9 Å². The number of carbonyl (C=O) groups excluding carboxylic acids is 3. The van der Waals surface area contributed by atoms with Crippen LogP contribution in [-0.4, -0.2) is 49.1 Å². The Bertz CT molecular complexity index is 1650. The van der Waals surface area contributed by atoms with Crippen LogP contribution in [0.5, 0.6) is 0 Å². The average Bonchev–Trinajstić information content (AvgIpc) is 2.97. The number of nitrogens with one attached hydrogen (secondary N) is 3. The number of fused-ring (bicyclic) bond motifs is 1. The number of benzene rings is 3. The number of aromatic nitrogens is 2. The van der Waals surface area contributed by atoms with E-state index in [9.17, 15) is 14.4 Å². The Balaban J connectivity index is 1.33. The molecule has 1 aliphatic rings. The first-order chi connectivity index (χ1) is 19.7. The maximum Gasteiger partial charge on any atom is 0.337 e. The van der Waals surface area contributed by atoms with Gasteiger partial charge >= 0.3 is 12.0 Å². The van der Waals surface area contributed by atoms with Gasteiger partial charge < -0.3 is 20.3 Å². The van der Waals surface area contributed by atoms with Gasteiger partial charge in [-0.15, -0.1) is 0 Å². The normalized spacial score (nSPS) is 12.2. The van der Waals surface area contributed by atoms with Crippen LogP contribution in [-0.2, 0) is 11.3 Å². The van der Waals surface area contributed by atoms with Gasteiger partial charge in [0.1, 0.15) is 5.82 Å². The van der Waals surface area contributed by atoms with Gasteiger partial charge in [-0.3, -0.25) is 15.0 Å². The Hall–Kier alpha value is -5.45. The molecule has 2 heterocycles. The summed E-state index contributed by atoms with van der Waals surface area (Å²) in [6.07, 6.45) is 1.68. The number of hydrogen-bond donors (Lipinski definition) is 3. The summed E-state index contributed by atoms with van der Waals surface area (Å²) in [6, 6.07) is 19.0. The summed E-state index contributed by atoms with van der Waals surface area (Å²) >= 11 is 0. The Morgan fingerprint density at radius 1 is 1.00 bits per heavy atom. The first-order valence-corrected chi connectivity index (χ1v) is 12.8. The first-order valence-electron chi connectivity index (χ1n) is 12.8. The molecular formula is C30H29N7O4. The predicted molar refractivity (Wildman–Crippen MR) is 158 cm³/mol. The molecule has 3 N–H and O–H groups in total. The van der Waals surface area contributed by atoms with E-state index in [0.717, 1.165) is 22.5 Å². The number of ether oxygens (including phenoxy) is 1. The van der Waals surface area contributed by atoms with Gasteiger partial charge in [-0.2, -0.15) is 4.98 Å². The highest BCUT2D eigenvalue weighted by molar-refractivity contribution is 6.07. The van der Waals surface area contributed by atoms with Crippen molar-refractivity contribution in [3.8, 4) is 0 Å². The molecule has 3 aromatic carbocycles. The summed E-state index contributed by atoms with van der Waals surface area (Å²) in [5.41, 5.74) is 5.13. The van der Waals surface area contributed by atoms with Crippen molar-refractivity contribution in [3.63, 3.8) is 0 Å². The molecule has 0 fully saturated rings. The lowest BCUT2D eigenvalue weighted by Crippen LogP contribution is -2.39. The van der Waals surface area contributed by atoms with Gasteiger partial charge in [0.15, 0.2) is 0 Å². The molecule has 4 aromatic rings. The van der Waals surface area contributed by atoms with Crippen LogP contribution in [0.3, 0.4) is 0 Å². The molecular weight excluding hydrogens is 522 g/mol. The maximum absolute atomic E-state index is 13.2. The zero-order valence-corrected chi connectivity index (χ0v) is 23.1. The summed E-state index contributed by atoms with van der Waals surface area (Å²) < 4.78 is 4.74. The molecule has 0 unspecified atom stereocenters. The van der Waals surface area contributed by atoms with Crippen molar-refractivity contribution < 1.29 is 19.1 Å². The van der Waals surface area contributed by atoms with Crippen LogP contribution in [0.4, 0.5) is 39.3 Å². The monoisotopic (exact) mass is 551 g/mol. The third kappa shape index (κ3) is 5.93. The fourth-order valence-corrected chi connectivity index (χ4v) is 4.37. The number of anilines is 6. The standard InChI is InChI=1S/C30H29N7O4/c1-18-11-12-23(32-27(38)19-7-5-8-20(13-19)28(39)41-4)15-25(18)37-17-21-16-31-29(34-26(21)35-30(37)40)33-22-9-6-10-24(14-22)36(2)3/h5-16H,17H2,1-4H3,(H,32,38)(H2,31,33,34,35,40). The summed E-state index contributed by atoms with van der Waals surface area (Å²) in [5.74, 6) is -0.131. The molecule has 0 aliphatic carbocycles. The third-order valence-corrected chi connectivity index (χ3v) is 6.59. The van der Waals surface area contributed by atoms with Crippen LogP contribution in [0.2, 0.25) is 0 Å². The number of methoxy groups -OCH3 is 1. The first kappa shape index (κ1) is 27.1. The fraction of sp³-hybridized carbons (Fsp3) is 0.167. The highest BCUT2D eigenvalue weighted by atomic mass is 16.5. The van der Waals surface area contributed by atoms with E-state index in [2.05, 4.69) is 25.9 Å². The molecule has 11 heteroatoms. The topological polar surface area (TPSA) is 129 Å². The van der Waals surface area contributed by atoms with Crippen LogP contribution in [0.15, 0.2) is 72.9 Å². The smallest absolute Gasteiger partial charge is 0.337 e. The van der Waals surface area contributed by atoms with Crippen molar-refractivity contribution in [1.29, 1.82) is 0 Å². The number of aryl methyl sites for hydroxylation is 1. The van der Waals surface area contributed by atoms with Crippen molar-refractivity contribution >= 4 is 52.4 Å². The second kappa shape index (κ2) is 11.3. The Morgan fingerprint density at radius 3 is 2.56 bits per heavy atom. The molecule has 0 saturated heterocycles. The highest BCUT2D eigenvalue weighted by Gasteiger charge is 2.27. The summed E-state index contributed by atoms with van der Waals surface area (Å²) in [4.78, 5) is 50.5. The van der Waals surface area contributed by atoms with Gasteiger partial charge in [-0.05, 0) is 61.0 Å². The van der Waals surface area contributed by atoms with E-state index in [1.54, 1.807) is 41.4 Å². The molecule has 208 valence electrons. The minimum absolute atomic E-state index is 0.247. The van der Waals surface area contributed by atoms with E-state index in [1.165, 1.54) is 13.2 Å². The molecule has 0 atom stereocenters. The van der Waals surface area contributed by atoms with E-state index in [1.807, 2.05) is 56.3 Å². The summed E-state index contributed by atoms with van der Waals surface area (Å²) in [6.45, 7) is 2.13. The summed E-state index contributed by atoms with van der Waals surface area (Å²) in [5, 5.41) is 8.88. The summed E-state index contributed by atoms with van der Waals surface area (Å²) in [7, 11) is 5.21. The van der Waals surface area contributed by atoms with Crippen molar-refractivity contribution in [1.82, 2.24) is 9.97 Å². The number of hydrogen-bond acceptors (Lipinski definition) is 8. The van der Waals surface area contributed by atoms with Gasteiger partial charge in [0, 0.05) is 48.5 Å². The lowest BCUT2D eigenvalue weighted by molar-refractivity contribution is 0.0600. The average molecular weight is 552 g/mol. The predicted octanol–water partition coefficient (Wildman–Crippen LogP) is 5.19. The fourth-order valence-electron chi connectivity index (χ4n) is 4.37. The quantitative estimate of drug-likeness (QED) is 0.268. The molecule has 0 radical (unpaired) electrons. The number of esters is 1. The van der Waals surface area contributed by atoms with Gasteiger partial charge in [0.25, 0.3) is 5.91 Å². The molecule has 3 amide bonds. The number of rotatable bonds is 7. The highest BCUT2D eigenvalue weighted by Crippen LogP contribution is 2.31. The Labute approximate surface area is 237 Å². The van der Waals surface area contributed by atoms with Gasteiger partial charge in [-0.1, -0.05) is 18.2 Å². The molecule has 1 aromatic heterocycles. The zero-order chi connectivity index (χ0) is 29.1. The lowest BCUT2D eigenvalue weighted by Gasteiger charge is -2.30. The molecule has 5 rings (SSSR count). The van der Waals surface area contributed by atoms with Gasteiger partial charge in [0.2, 0.25) is 5.95 Å². The van der Waals surface area contributed by atoms with E-state index >= 15 is 0 Å². The van der Waals surface area contributed by atoms with E-state index in [4.69, 9.17) is 4.74 Å². The molecule has 0 saturated carbocycles. The number of carbonyl (C=O) groups is 3. The van der Waals surface area contributed by atoms with Crippen LogP contribution >= 0.6 is 0 Å². The number of nitrogens with zero attached hydrogens (tertiary/aromatic N) is 4. The molecule has 41 heavy (non-hydrogen) atoms. The van der Waals surface area contributed by atoms with Crippen molar-refractivity contribution in [3.05, 3.63) is 95.2 Å². The van der Waals surface area contributed by atoms with Crippen LogP contribution < -0.4 is 25.8 Å². The van der Waals surface area contributed by atoms with Crippen LogP contribution in [0.1, 0.15) is 31.8 Å². The minimum Gasteiger partial charge on any atom is -0.465 e. The minimum atomic E-state index is -0.529. The Morgan fingerprint density at radius 2 is 1.78 bits per heavy atom. The van der Waals surface area contributed by atoms with Crippen LogP contribution in [0.25, 0.3) is 0 Å². The molecule has 0 bridgehead atoms. The number of urea groups is 1. The zero-order valence-electron chi connectivity index (χ0n) is 23.1. The van der Waals surface area contributed by atoms with Crippen LogP contribution in [0, 0.1) is 6.92 Å². The Kier molecular flexibility index (Phi) is 7.51. The third-order valence-electron chi connectivity index (χ3n) is 6.59. The van der Waals surface area contributed by atoms with Crippen molar-refractivity contribution in [2.45, 2.75) is 13.5 Å².